The zero-order chi connectivity index (χ0) is 24.6. The monoisotopic (exact) mass is 479 g/mol. The highest BCUT2D eigenvalue weighted by atomic mass is 19.1. The average Bonchev–Trinajstić information content (AvgIpc) is 3.32. The third-order valence-corrected chi connectivity index (χ3v) is 6.90. The number of nitrogens with zero attached hydrogens (tertiary/aromatic N) is 2. The molecular weight excluding hydrogens is 453 g/mol. The standard InChI is InChI=1S/C30H26FN3O2/c1-36-24-16-12-21(13-17-24)27-25-9-5-6-18-33-26(20-10-14-22(31)15-11-20)19-34(30(25)33)28(27)29(35)32-23-7-3-2-4-8-23/h2-4,7-8,10-17,19H,5-6,9,18H2,1H3,(H,32,35). The lowest BCUT2D eigenvalue weighted by Gasteiger charge is -2.11. The van der Waals surface area contributed by atoms with Gasteiger partial charge in [-0.1, -0.05) is 30.3 Å². The summed E-state index contributed by atoms with van der Waals surface area (Å²) < 4.78 is 23.3. The maximum absolute atomic E-state index is 13.9. The summed E-state index contributed by atoms with van der Waals surface area (Å²) in [7, 11) is 1.65. The highest BCUT2D eigenvalue weighted by Gasteiger charge is 2.29. The molecule has 3 heterocycles. The van der Waals surface area contributed by atoms with Gasteiger partial charge in [0.15, 0.2) is 0 Å². The van der Waals surface area contributed by atoms with E-state index in [4.69, 9.17) is 4.74 Å². The van der Waals surface area contributed by atoms with Crippen molar-refractivity contribution >= 4 is 17.2 Å². The molecule has 0 spiro atoms. The molecule has 2 aromatic heterocycles. The lowest BCUT2D eigenvalue weighted by molar-refractivity contribution is 0.102. The van der Waals surface area contributed by atoms with E-state index in [0.29, 0.717) is 5.69 Å². The molecule has 1 aliphatic rings. The van der Waals surface area contributed by atoms with Crippen LogP contribution in [-0.4, -0.2) is 22.0 Å². The van der Waals surface area contributed by atoms with Crippen molar-refractivity contribution in [2.24, 2.45) is 0 Å². The molecule has 3 aromatic carbocycles. The van der Waals surface area contributed by atoms with Gasteiger partial charge in [0, 0.05) is 29.6 Å². The summed E-state index contributed by atoms with van der Waals surface area (Å²) in [6, 6.07) is 23.9. The molecule has 0 saturated carbocycles. The smallest absolute Gasteiger partial charge is 0.273 e. The molecule has 1 aliphatic heterocycles. The fourth-order valence-electron chi connectivity index (χ4n) is 5.24. The van der Waals surface area contributed by atoms with Gasteiger partial charge in [-0.05, 0) is 78.9 Å². The maximum atomic E-state index is 13.9. The SMILES string of the molecule is COc1ccc(-c2c3c4n(c(-c5ccc(F)cc5)cn4c2C(=O)Nc2ccccc2)CCCC3)cc1. The minimum Gasteiger partial charge on any atom is -0.497 e. The first-order valence-corrected chi connectivity index (χ1v) is 12.2. The van der Waals surface area contributed by atoms with Crippen molar-refractivity contribution in [1.82, 2.24) is 8.97 Å². The summed E-state index contributed by atoms with van der Waals surface area (Å²) in [4.78, 5) is 13.9. The topological polar surface area (TPSA) is 47.7 Å². The van der Waals surface area contributed by atoms with E-state index in [2.05, 4.69) is 9.88 Å². The Labute approximate surface area is 208 Å². The zero-order valence-electron chi connectivity index (χ0n) is 20.0. The number of hydrogen-bond acceptors (Lipinski definition) is 2. The van der Waals surface area contributed by atoms with Crippen LogP contribution in [0.5, 0.6) is 5.75 Å². The predicted molar refractivity (Wildman–Crippen MR) is 140 cm³/mol. The molecule has 36 heavy (non-hydrogen) atoms. The molecule has 5 nitrogen and oxygen atoms in total. The van der Waals surface area contributed by atoms with E-state index in [1.165, 1.54) is 12.1 Å². The van der Waals surface area contributed by atoms with Gasteiger partial charge < -0.3 is 14.6 Å². The number of hydrogen-bond donors (Lipinski definition) is 1. The van der Waals surface area contributed by atoms with E-state index in [1.54, 1.807) is 19.2 Å². The first-order chi connectivity index (χ1) is 17.6. The number of nitrogens with one attached hydrogen (secondary N) is 1. The number of anilines is 1. The molecule has 1 N–H and O–H groups in total. The second-order valence-electron chi connectivity index (χ2n) is 9.07. The molecule has 0 radical (unpaired) electrons. The number of rotatable bonds is 5. The summed E-state index contributed by atoms with van der Waals surface area (Å²) >= 11 is 0. The molecule has 6 heteroatoms. The Balaban J connectivity index is 1.60. The van der Waals surface area contributed by atoms with Gasteiger partial charge in [-0.2, -0.15) is 0 Å². The zero-order valence-corrected chi connectivity index (χ0v) is 20.0. The minimum atomic E-state index is -0.266. The number of aryl methyl sites for hydroxylation is 2. The molecule has 0 saturated heterocycles. The number of methoxy groups -OCH3 is 1. The molecule has 0 bridgehead atoms. The highest BCUT2D eigenvalue weighted by Crippen LogP contribution is 2.40. The number of carbonyl (C=O) groups is 1. The molecule has 0 unspecified atom stereocenters. The summed E-state index contributed by atoms with van der Waals surface area (Å²) in [6.07, 6.45) is 4.94. The molecule has 180 valence electrons. The van der Waals surface area contributed by atoms with Gasteiger partial charge in [0.05, 0.1) is 12.8 Å². The number of imidazole rings is 1. The molecule has 0 aliphatic carbocycles. The van der Waals surface area contributed by atoms with Crippen LogP contribution < -0.4 is 10.1 Å². The van der Waals surface area contributed by atoms with Gasteiger partial charge in [0.2, 0.25) is 0 Å². The Morgan fingerprint density at radius 2 is 1.64 bits per heavy atom. The Hall–Kier alpha value is -4.32. The fraction of sp³-hybridized carbons (Fsp3) is 0.167. The van der Waals surface area contributed by atoms with Crippen molar-refractivity contribution < 1.29 is 13.9 Å². The maximum Gasteiger partial charge on any atom is 0.273 e. The molecule has 0 fully saturated rings. The van der Waals surface area contributed by atoms with Crippen molar-refractivity contribution in [3.05, 3.63) is 102 Å². The molecule has 0 atom stereocenters. The van der Waals surface area contributed by atoms with Crippen LogP contribution >= 0.6 is 0 Å². The van der Waals surface area contributed by atoms with Crippen LogP contribution in [0.1, 0.15) is 28.9 Å². The fourth-order valence-corrected chi connectivity index (χ4v) is 5.24. The van der Waals surface area contributed by atoms with E-state index in [0.717, 1.165) is 70.8 Å². The average molecular weight is 480 g/mol. The number of aromatic nitrogens is 2. The lowest BCUT2D eigenvalue weighted by atomic mass is 9.97. The summed E-state index contributed by atoms with van der Waals surface area (Å²) in [5.41, 5.74) is 7.34. The highest BCUT2D eigenvalue weighted by molar-refractivity contribution is 6.10. The van der Waals surface area contributed by atoms with Crippen molar-refractivity contribution in [3.63, 3.8) is 0 Å². The second kappa shape index (κ2) is 9.04. The quantitative estimate of drug-likeness (QED) is 0.301. The van der Waals surface area contributed by atoms with Crippen molar-refractivity contribution in [2.75, 3.05) is 12.4 Å². The molecular formula is C30H26FN3O2. The van der Waals surface area contributed by atoms with E-state index in [1.807, 2.05) is 65.2 Å². The van der Waals surface area contributed by atoms with Crippen LogP contribution in [-0.2, 0) is 13.0 Å². The Morgan fingerprint density at radius 3 is 2.36 bits per heavy atom. The van der Waals surface area contributed by atoms with Crippen molar-refractivity contribution in [1.29, 1.82) is 0 Å². The van der Waals surface area contributed by atoms with E-state index in [-0.39, 0.29) is 11.7 Å². The largest absolute Gasteiger partial charge is 0.497 e. The Morgan fingerprint density at radius 1 is 0.917 bits per heavy atom. The lowest BCUT2D eigenvalue weighted by Crippen LogP contribution is -2.15. The predicted octanol–water partition coefficient (Wildman–Crippen LogP) is 6.81. The third-order valence-electron chi connectivity index (χ3n) is 6.90. The normalized spacial score (nSPS) is 12.9. The number of carbonyl (C=O) groups excluding carboxylic acids is 1. The molecule has 1 amide bonds. The summed E-state index contributed by atoms with van der Waals surface area (Å²) in [5.74, 6) is 0.335. The number of benzene rings is 3. The number of ether oxygens (including phenoxy) is 1. The van der Waals surface area contributed by atoms with Crippen LogP contribution in [0.2, 0.25) is 0 Å². The van der Waals surface area contributed by atoms with E-state index >= 15 is 0 Å². The summed E-state index contributed by atoms with van der Waals surface area (Å²) in [5, 5.41) is 3.09. The van der Waals surface area contributed by atoms with E-state index < -0.39 is 0 Å². The first kappa shape index (κ1) is 22.2. The minimum absolute atomic E-state index is 0.170. The van der Waals surface area contributed by atoms with Gasteiger partial charge in [-0.25, -0.2) is 4.39 Å². The number of para-hydroxylation sites is 1. The Bertz CT molecular complexity index is 1550. The van der Waals surface area contributed by atoms with Crippen LogP contribution in [0.25, 0.3) is 28.0 Å². The van der Waals surface area contributed by atoms with Crippen LogP contribution in [0, 0.1) is 5.82 Å². The van der Waals surface area contributed by atoms with Gasteiger partial charge in [0.25, 0.3) is 5.91 Å². The van der Waals surface area contributed by atoms with E-state index in [9.17, 15) is 9.18 Å². The van der Waals surface area contributed by atoms with Gasteiger partial charge in [-0.3, -0.25) is 9.20 Å². The first-order valence-electron chi connectivity index (χ1n) is 12.2. The van der Waals surface area contributed by atoms with Crippen LogP contribution in [0.4, 0.5) is 10.1 Å². The second-order valence-corrected chi connectivity index (χ2v) is 9.07. The van der Waals surface area contributed by atoms with Gasteiger partial charge in [0.1, 0.15) is 22.9 Å². The molecule has 6 rings (SSSR count). The van der Waals surface area contributed by atoms with Crippen LogP contribution in [0.3, 0.4) is 0 Å². The Kier molecular flexibility index (Phi) is 5.56. The number of halogens is 1. The van der Waals surface area contributed by atoms with Crippen LogP contribution in [0.15, 0.2) is 85.1 Å². The van der Waals surface area contributed by atoms with Gasteiger partial charge >= 0.3 is 0 Å². The number of amides is 1. The van der Waals surface area contributed by atoms with Gasteiger partial charge in [-0.15, -0.1) is 0 Å². The van der Waals surface area contributed by atoms with Crippen molar-refractivity contribution in [2.45, 2.75) is 25.8 Å². The molecule has 5 aromatic rings. The van der Waals surface area contributed by atoms with Crippen molar-refractivity contribution in [3.8, 4) is 28.1 Å². The third kappa shape index (κ3) is 3.75. The summed E-state index contributed by atoms with van der Waals surface area (Å²) in [6.45, 7) is 0.835.